The lowest BCUT2D eigenvalue weighted by Crippen LogP contribution is -2.02. The first-order valence-corrected chi connectivity index (χ1v) is 18.3. The smallest absolute Gasteiger partial charge is 0.206 e. The van der Waals surface area contributed by atoms with Gasteiger partial charge in [0.15, 0.2) is 0 Å². The molecule has 0 N–H and O–H groups in total. The molecule has 6 aromatic rings. The standard InChI is InChI=1S/C40H34O6S2/c1-27-5-11-35(25-29(27)3)45-33-13-21-39(22-14-33)47(41,42)37-17-7-31(8-18-37)32-9-19-38(20-10-32)48(43,44)40-23-15-34(16-24-40)46-36-12-6-28(2)30(4)26-36/h5-26H,1-4H3. The van der Waals surface area contributed by atoms with Gasteiger partial charge < -0.3 is 9.47 Å². The molecule has 0 saturated heterocycles. The lowest BCUT2D eigenvalue weighted by atomic mass is 10.1. The summed E-state index contributed by atoms with van der Waals surface area (Å²) in [5, 5.41) is 0. The molecule has 0 fully saturated rings. The third-order valence-corrected chi connectivity index (χ3v) is 11.9. The van der Waals surface area contributed by atoms with Crippen molar-refractivity contribution in [2.45, 2.75) is 47.3 Å². The number of benzene rings is 6. The highest BCUT2D eigenvalue weighted by Crippen LogP contribution is 2.31. The minimum Gasteiger partial charge on any atom is -0.457 e. The summed E-state index contributed by atoms with van der Waals surface area (Å²) in [4.78, 5) is 0.612. The van der Waals surface area contributed by atoms with Gasteiger partial charge in [0.25, 0.3) is 0 Å². The number of hydrogen-bond acceptors (Lipinski definition) is 6. The van der Waals surface area contributed by atoms with Crippen molar-refractivity contribution >= 4 is 19.7 Å². The molecule has 0 aliphatic carbocycles. The molecule has 0 atom stereocenters. The van der Waals surface area contributed by atoms with E-state index in [0.29, 0.717) is 23.0 Å². The summed E-state index contributed by atoms with van der Waals surface area (Å²) in [6, 6.07) is 37.3. The zero-order chi connectivity index (χ0) is 34.1. The van der Waals surface area contributed by atoms with E-state index in [2.05, 4.69) is 0 Å². The van der Waals surface area contributed by atoms with Crippen molar-refractivity contribution in [2.24, 2.45) is 0 Å². The van der Waals surface area contributed by atoms with Crippen LogP contribution in [0.15, 0.2) is 153 Å². The minimum absolute atomic E-state index is 0.151. The second-order valence-electron chi connectivity index (χ2n) is 11.7. The van der Waals surface area contributed by atoms with Gasteiger partial charge in [-0.25, -0.2) is 16.8 Å². The summed E-state index contributed by atoms with van der Waals surface area (Å²) in [5.41, 5.74) is 6.05. The molecule has 0 heterocycles. The third kappa shape index (κ3) is 6.90. The van der Waals surface area contributed by atoms with E-state index in [-0.39, 0.29) is 19.6 Å². The molecule has 0 unspecified atom stereocenters. The van der Waals surface area contributed by atoms with Crippen LogP contribution in [-0.2, 0) is 19.7 Å². The molecule has 0 bridgehead atoms. The van der Waals surface area contributed by atoms with Crippen LogP contribution in [0.4, 0.5) is 0 Å². The molecule has 0 saturated carbocycles. The molecule has 6 nitrogen and oxygen atoms in total. The van der Waals surface area contributed by atoms with E-state index >= 15 is 0 Å². The van der Waals surface area contributed by atoms with Gasteiger partial charge in [-0.1, -0.05) is 36.4 Å². The van der Waals surface area contributed by atoms with Gasteiger partial charge in [-0.15, -0.1) is 0 Å². The average molecular weight is 675 g/mol. The van der Waals surface area contributed by atoms with Crippen LogP contribution in [0.2, 0.25) is 0 Å². The van der Waals surface area contributed by atoms with Crippen molar-refractivity contribution < 1.29 is 26.3 Å². The van der Waals surface area contributed by atoms with Crippen molar-refractivity contribution in [3.8, 4) is 34.1 Å². The van der Waals surface area contributed by atoms with Gasteiger partial charge >= 0.3 is 0 Å². The van der Waals surface area contributed by atoms with Crippen LogP contribution in [-0.4, -0.2) is 16.8 Å². The molecular formula is C40H34O6S2. The highest BCUT2D eigenvalue weighted by atomic mass is 32.2. The highest BCUT2D eigenvalue weighted by molar-refractivity contribution is 7.91. The number of ether oxygens (including phenoxy) is 2. The van der Waals surface area contributed by atoms with Gasteiger partial charge in [0.05, 0.1) is 19.6 Å². The summed E-state index contributed by atoms with van der Waals surface area (Å²) in [6.45, 7) is 8.07. The van der Waals surface area contributed by atoms with Crippen LogP contribution in [0.5, 0.6) is 23.0 Å². The quantitative estimate of drug-likeness (QED) is 0.152. The molecule has 6 aromatic carbocycles. The molecule has 242 valence electrons. The maximum Gasteiger partial charge on any atom is 0.206 e. The summed E-state index contributed by atoms with van der Waals surface area (Å²) in [5.74, 6) is 2.45. The lowest BCUT2D eigenvalue weighted by Gasteiger charge is -2.10. The van der Waals surface area contributed by atoms with E-state index in [9.17, 15) is 16.8 Å². The molecule has 0 aromatic heterocycles. The van der Waals surface area contributed by atoms with E-state index in [1.807, 2.05) is 64.1 Å². The largest absolute Gasteiger partial charge is 0.457 e. The van der Waals surface area contributed by atoms with Crippen LogP contribution in [0.3, 0.4) is 0 Å². The summed E-state index contributed by atoms with van der Waals surface area (Å²) in [6.07, 6.45) is 0. The first kappa shape index (κ1) is 32.7. The second-order valence-corrected chi connectivity index (χ2v) is 15.6. The van der Waals surface area contributed by atoms with Crippen LogP contribution >= 0.6 is 0 Å². The van der Waals surface area contributed by atoms with Gasteiger partial charge in [-0.3, -0.25) is 0 Å². The molecule has 48 heavy (non-hydrogen) atoms. The lowest BCUT2D eigenvalue weighted by molar-refractivity contribution is 0.481. The topological polar surface area (TPSA) is 86.7 Å². The summed E-state index contributed by atoms with van der Waals surface area (Å²) in [7, 11) is -7.53. The Bertz CT molecular complexity index is 2140. The number of sulfone groups is 2. The number of aryl methyl sites for hydroxylation is 4. The number of rotatable bonds is 9. The van der Waals surface area contributed by atoms with Gasteiger partial charge in [0, 0.05) is 0 Å². The Morgan fingerprint density at radius 2 is 0.604 bits per heavy atom. The van der Waals surface area contributed by atoms with Crippen molar-refractivity contribution in [2.75, 3.05) is 0 Å². The third-order valence-electron chi connectivity index (χ3n) is 8.36. The Hall–Kier alpha value is -5.18. The van der Waals surface area contributed by atoms with Crippen LogP contribution < -0.4 is 9.47 Å². The Morgan fingerprint density at radius 3 is 0.896 bits per heavy atom. The first-order valence-electron chi connectivity index (χ1n) is 15.3. The summed E-state index contributed by atoms with van der Waals surface area (Å²) >= 11 is 0. The predicted molar refractivity (Wildman–Crippen MR) is 188 cm³/mol. The van der Waals surface area contributed by atoms with E-state index in [1.165, 1.54) is 24.3 Å². The van der Waals surface area contributed by atoms with Gasteiger partial charge in [-0.2, -0.15) is 0 Å². The van der Waals surface area contributed by atoms with Crippen LogP contribution in [0.1, 0.15) is 22.3 Å². The van der Waals surface area contributed by atoms with Crippen molar-refractivity contribution in [3.05, 3.63) is 156 Å². The Kier molecular flexibility index (Phi) is 8.97. The fraction of sp³-hybridized carbons (Fsp3) is 0.100. The van der Waals surface area contributed by atoms with Gasteiger partial charge in [0.2, 0.25) is 19.7 Å². The van der Waals surface area contributed by atoms with Crippen molar-refractivity contribution in [3.63, 3.8) is 0 Å². The normalized spacial score (nSPS) is 11.7. The molecule has 0 aliphatic heterocycles. The van der Waals surface area contributed by atoms with E-state index in [4.69, 9.17) is 9.47 Å². The van der Waals surface area contributed by atoms with E-state index in [0.717, 1.165) is 33.4 Å². The first-order chi connectivity index (χ1) is 22.9. The Balaban J connectivity index is 1.13. The van der Waals surface area contributed by atoms with Crippen molar-refractivity contribution in [1.29, 1.82) is 0 Å². The maximum absolute atomic E-state index is 13.3. The monoisotopic (exact) mass is 674 g/mol. The van der Waals surface area contributed by atoms with E-state index in [1.54, 1.807) is 72.8 Å². The molecule has 8 heteroatoms. The average Bonchev–Trinajstić information content (AvgIpc) is 3.09. The molecule has 6 rings (SSSR count). The molecule has 0 spiro atoms. The predicted octanol–water partition coefficient (Wildman–Crippen LogP) is 9.84. The summed E-state index contributed by atoms with van der Waals surface area (Å²) < 4.78 is 65.2. The minimum atomic E-state index is -3.77. The van der Waals surface area contributed by atoms with Crippen molar-refractivity contribution in [1.82, 2.24) is 0 Å². The number of hydrogen-bond donors (Lipinski definition) is 0. The molecule has 0 amide bonds. The zero-order valence-electron chi connectivity index (χ0n) is 27.0. The fourth-order valence-electron chi connectivity index (χ4n) is 5.13. The fourth-order valence-corrected chi connectivity index (χ4v) is 7.65. The molecular weight excluding hydrogens is 641 g/mol. The highest BCUT2D eigenvalue weighted by Gasteiger charge is 2.20. The maximum atomic E-state index is 13.3. The molecule has 0 radical (unpaired) electrons. The Morgan fingerprint density at radius 1 is 0.333 bits per heavy atom. The van der Waals surface area contributed by atoms with Gasteiger partial charge in [0.1, 0.15) is 23.0 Å². The van der Waals surface area contributed by atoms with Crippen LogP contribution in [0, 0.1) is 27.7 Å². The van der Waals surface area contributed by atoms with Gasteiger partial charge in [-0.05, 0) is 158 Å². The zero-order valence-corrected chi connectivity index (χ0v) is 28.6. The van der Waals surface area contributed by atoms with Crippen LogP contribution in [0.25, 0.3) is 11.1 Å². The molecule has 0 aliphatic rings. The van der Waals surface area contributed by atoms with E-state index < -0.39 is 19.7 Å². The second kappa shape index (κ2) is 13.1. The Labute approximate surface area is 282 Å². The SMILES string of the molecule is Cc1ccc(Oc2ccc(S(=O)(=O)c3ccc(-c4ccc(S(=O)(=O)c5ccc(Oc6ccc(C)c(C)c6)cc5)cc4)cc3)cc2)cc1C.